The second-order valence-corrected chi connectivity index (χ2v) is 7.06. The van der Waals surface area contributed by atoms with Gasteiger partial charge in [0.25, 0.3) is 10.0 Å². The highest BCUT2D eigenvalue weighted by molar-refractivity contribution is 7.93. The monoisotopic (exact) mass is 353 g/mol. The predicted molar refractivity (Wildman–Crippen MR) is 82.4 cm³/mol. The molecule has 0 atom stereocenters. The molecule has 3 rings (SSSR count). The molecule has 0 amide bonds. The molecule has 0 radical (unpaired) electrons. The van der Waals surface area contributed by atoms with E-state index in [0.29, 0.717) is 12.0 Å². The van der Waals surface area contributed by atoms with Crippen molar-refractivity contribution in [2.45, 2.75) is 11.3 Å². The molecule has 0 saturated carbocycles. The molecule has 24 heavy (non-hydrogen) atoms. The number of esters is 1. The lowest BCUT2D eigenvalue weighted by atomic mass is 10.2. The van der Waals surface area contributed by atoms with Crippen LogP contribution in [0.15, 0.2) is 41.3 Å². The Morgan fingerprint density at radius 2 is 1.79 bits per heavy atom. The van der Waals surface area contributed by atoms with Gasteiger partial charge in [-0.1, -0.05) is 6.07 Å². The van der Waals surface area contributed by atoms with E-state index in [0.717, 1.165) is 35.7 Å². The van der Waals surface area contributed by atoms with E-state index >= 15 is 0 Å². The van der Waals surface area contributed by atoms with Gasteiger partial charge in [0.1, 0.15) is 16.5 Å². The van der Waals surface area contributed by atoms with E-state index in [1.54, 1.807) is 0 Å². The standard InChI is InChI=1S/C16H13F2NO4S/c1-23-16(20)13-5-4-12(18)9-15(13)24(21,22)19-7-6-10-2-3-11(17)8-14(10)19/h2-5,8-9H,6-7H2,1H3. The van der Waals surface area contributed by atoms with Gasteiger partial charge >= 0.3 is 5.97 Å². The molecule has 0 aromatic heterocycles. The Morgan fingerprint density at radius 3 is 2.50 bits per heavy atom. The lowest BCUT2D eigenvalue weighted by Crippen LogP contribution is -2.30. The Hall–Kier alpha value is -2.48. The molecule has 0 aliphatic carbocycles. The zero-order valence-corrected chi connectivity index (χ0v) is 13.4. The first-order valence-corrected chi connectivity index (χ1v) is 8.47. The maximum absolute atomic E-state index is 13.6. The smallest absolute Gasteiger partial charge is 0.339 e. The number of anilines is 1. The molecule has 0 unspecified atom stereocenters. The average Bonchev–Trinajstić information content (AvgIpc) is 2.97. The van der Waals surface area contributed by atoms with Crippen LogP contribution in [0, 0.1) is 11.6 Å². The first-order chi connectivity index (χ1) is 11.3. The summed E-state index contributed by atoms with van der Waals surface area (Å²) in [4.78, 5) is 11.3. The van der Waals surface area contributed by atoms with Crippen molar-refractivity contribution in [3.63, 3.8) is 0 Å². The maximum Gasteiger partial charge on any atom is 0.339 e. The Balaban J connectivity index is 2.16. The first kappa shape index (κ1) is 16.4. The summed E-state index contributed by atoms with van der Waals surface area (Å²) in [5.41, 5.74) is 0.579. The molecule has 0 spiro atoms. The molecule has 8 heteroatoms. The van der Waals surface area contributed by atoms with Gasteiger partial charge in [0.05, 0.1) is 18.4 Å². The fourth-order valence-corrected chi connectivity index (χ4v) is 4.37. The van der Waals surface area contributed by atoms with Crippen LogP contribution >= 0.6 is 0 Å². The number of carbonyl (C=O) groups excluding carboxylic acids is 1. The molecule has 1 heterocycles. The number of rotatable bonds is 3. The van der Waals surface area contributed by atoms with Gasteiger partial charge in [-0.05, 0) is 42.3 Å². The summed E-state index contributed by atoms with van der Waals surface area (Å²) in [6.07, 6.45) is 0.401. The molecule has 0 fully saturated rings. The number of hydrogen-bond donors (Lipinski definition) is 0. The van der Waals surface area contributed by atoms with Crippen LogP contribution in [0.5, 0.6) is 0 Å². The van der Waals surface area contributed by atoms with Crippen LogP contribution in [-0.2, 0) is 21.2 Å². The SMILES string of the molecule is COC(=O)c1ccc(F)cc1S(=O)(=O)N1CCc2ccc(F)cc21. The minimum absolute atomic E-state index is 0.0816. The van der Waals surface area contributed by atoms with Crippen LogP contribution in [0.2, 0.25) is 0 Å². The fraction of sp³-hybridized carbons (Fsp3) is 0.188. The van der Waals surface area contributed by atoms with Crippen molar-refractivity contribution in [1.29, 1.82) is 0 Å². The largest absolute Gasteiger partial charge is 0.465 e. The van der Waals surface area contributed by atoms with E-state index < -0.39 is 32.5 Å². The van der Waals surface area contributed by atoms with Crippen LogP contribution in [0.25, 0.3) is 0 Å². The first-order valence-electron chi connectivity index (χ1n) is 7.03. The van der Waals surface area contributed by atoms with Crippen LogP contribution in [-0.4, -0.2) is 28.0 Å². The highest BCUT2D eigenvalue weighted by Gasteiger charge is 2.34. The zero-order valence-electron chi connectivity index (χ0n) is 12.6. The van der Waals surface area contributed by atoms with Crippen LogP contribution < -0.4 is 4.31 Å². The minimum Gasteiger partial charge on any atom is -0.465 e. The molecule has 1 aliphatic heterocycles. The van der Waals surface area contributed by atoms with Crippen LogP contribution in [0.3, 0.4) is 0 Å². The average molecular weight is 353 g/mol. The van der Waals surface area contributed by atoms with E-state index in [9.17, 15) is 22.0 Å². The van der Waals surface area contributed by atoms with Gasteiger partial charge in [-0.15, -0.1) is 0 Å². The van der Waals surface area contributed by atoms with E-state index in [4.69, 9.17) is 0 Å². The normalized spacial score (nSPS) is 13.7. The highest BCUT2D eigenvalue weighted by atomic mass is 32.2. The van der Waals surface area contributed by atoms with Gasteiger partial charge in [0, 0.05) is 6.54 Å². The summed E-state index contributed by atoms with van der Waals surface area (Å²) in [6.45, 7) is 0.0816. The number of hydrogen-bond acceptors (Lipinski definition) is 4. The second-order valence-electron chi connectivity index (χ2n) is 5.23. The lowest BCUT2D eigenvalue weighted by molar-refractivity contribution is 0.0596. The van der Waals surface area contributed by atoms with Gasteiger partial charge in [-0.25, -0.2) is 22.0 Å². The van der Waals surface area contributed by atoms with Crippen molar-refractivity contribution < 1.29 is 26.7 Å². The molecule has 2 aromatic carbocycles. The van der Waals surface area contributed by atoms with E-state index in [2.05, 4.69) is 4.74 Å². The summed E-state index contributed by atoms with van der Waals surface area (Å²) in [6, 6.07) is 6.65. The molecular formula is C16H13F2NO4S. The van der Waals surface area contributed by atoms with Crippen molar-refractivity contribution in [2.75, 3.05) is 18.0 Å². The Kier molecular flexibility index (Phi) is 4.00. The summed E-state index contributed by atoms with van der Waals surface area (Å²) < 4.78 is 58.5. The van der Waals surface area contributed by atoms with Gasteiger partial charge in [-0.3, -0.25) is 4.31 Å². The zero-order chi connectivity index (χ0) is 17.5. The minimum atomic E-state index is -4.25. The maximum atomic E-state index is 13.6. The summed E-state index contributed by atoms with van der Waals surface area (Å²) in [7, 11) is -3.15. The molecule has 0 N–H and O–H groups in total. The number of sulfonamides is 1. The summed E-state index contributed by atoms with van der Waals surface area (Å²) in [5, 5.41) is 0. The number of ether oxygens (including phenoxy) is 1. The number of carbonyl (C=O) groups is 1. The van der Waals surface area contributed by atoms with E-state index in [1.165, 1.54) is 12.1 Å². The number of methoxy groups -OCH3 is 1. The third kappa shape index (κ3) is 2.62. The van der Waals surface area contributed by atoms with Crippen molar-refractivity contribution in [3.8, 4) is 0 Å². The van der Waals surface area contributed by atoms with Crippen LogP contribution in [0.4, 0.5) is 14.5 Å². The van der Waals surface area contributed by atoms with Crippen molar-refractivity contribution in [1.82, 2.24) is 0 Å². The van der Waals surface area contributed by atoms with E-state index in [1.807, 2.05) is 0 Å². The topological polar surface area (TPSA) is 63.7 Å². The van der Waals surface area contributed by atoms with Gasteiger partial charge in [0.2, 0.25) is 0 Å². The number of benzene rings is 2. The molecule has 126 valence electrons. The number of halogens is 2. The van der Waals surface area contributed by atoms with Crippen molar-refractivity contribution in [3.05, 3.63) is 59.2 Å². The summed E-state index contributed by atoms with van der Waals surface area (Å²) >= 11 is 0. The molecule has 0 saturated heterocycles. The number of nitrogens with zero attached hydrogens (tertiary/aromatic N) is 1. The fourth-order valence-electron chi connectivity index (χ4n) is 2.68. The second kappa shape index (κ2) is 5.86. The predicted octanol–water partition coefficient (Wildman–Crippen LogP) is 2.50. The van der Waals surface area contributed by atoms with Gasteiger partial charge < -0.3 is 4.74 Å². The quantitative estimate of drug-likeness (QED) is 0.796. The molecule has 2 aromatic rings. The van der Waals surface area contributed by atoms with Crippen LogP contribution in [0.1, 0.15) is 15.9 Å². The van der Waals surface area contributed by atoms with Crippen molar-refractivity contribution in [2.24, 2.45) is 0 Å². The van der Waals surface area contributed by atoms with Crippen molar-refractivity contribution >= 4 is 21.7 Å². The van der Waals surface area contributed by atoms with Gasteiger partial charge in [0.15, 0.2) is 0 Å². The third-order valence-electron chi connectivity index (χ3n) is 3.82. The molecule has 0 bridgehead atoms. The Morgan fingerprint density at radius 1 is 1.12 bits per heavy atom. The molecule has 1 aliphatic rings. The summed E-state index contributed by atoms with van der Waals surface area (Å²) in [5.74, 6) is -2.28. The highest BCUT2D eigenvalue weighted by Crippen LogP contribution is 2.34. The third-order valence-corrected chi connectivity index (χ3v) is 5.67. The number of fused-ring (bicyclic) bond motifs is 1. The Bertz CT molecular complexity index is 928. The molecular weight excluding hydrogens is 340 g/mol. The Labute approximate surface area is 137 Å². The lowest BCUT2D eigenvalue weighted by Gasteiger charge is -2.21. The van der Waals surface area contributed by atoms with E-state index in [-0.39, 0.29) is 17.8 Å². The molecule has 5 nitrogen and oxygen atoms in total. The van der Waals surface area contributed by atoms with Gasteiger partial charge in [-0.2, -0.15) is 0 Å².